The number of rotatable bonds is 11. The van der Waals surface area contributed by atoms with Crippen LogP contribution >= 0.6 is 0 Å². The minimum absolute atomic E-state index is 0.00417. The number of phenolic OH excluding ortho intramolecular Hbond substituents is 2. The largest absolute Gasteiger partial charge is 0.504 e. The summed E-state index contributed by atoms with van der Waals surface area (Å²) in [6.07, 6.45) is 16.8. The van der Waals surface area contributed by atoms with Crippen LogP contribution in [0.4, 0.5) is 0 Å². The van der Waals surface area contributed by atoms with Crippen molar-refractivity contribution < 1.29 is 10.2 Å². The van der Waals surface area contributed by atoms with Gasteiger partial charge >= 0.3 is 0 Å². The molecule has 0 aromatic heterocycles. The molecule has 0 fully saturated rings. The molecule has 0 atom stereocenters. The Morgan fingerprint density at radius 2 is 1.17 bits per heavy atom. The summed E-state index contributed by atoms with van der Waals surface area (Å²) in [6, 6.07) is 1.68. The van der Waals surface area contributed by atoms with Gasteiger partial charge in [0.05, 0.1) is 0 Å². The van der Waals surface area contributed by atoms with Crippen molar-refractivity contribution >= 4 is 0 Å². The van der Waals surface area contributed by atoms with E-state index in [1.54, 1.807) is 6.07 Å². The van der Waals surface area contributed by atoms with Crippen LogP contribution < -0.4 is 0 Å². The van der Waals surface area contributed by atoms with Crippen molar-refractivity contribution in [1.29, 1.82) is 0 Å². The Labute approximate surface area is 184 Å². The second-order valence-corrected chi connectivity index (χ2v) is 8.91. The van der Waals surface area contributed by atoms with Crippen LogP contribution in [-0.4, -0.2) is 10.2 Å². The van der Waals surface area contributed by atoms with E-state index < -0.39 is 0 Å². The van der Waals surface area contributed by atoms with Crippen molar-refractivity contribution in [2.24, 2.45) is 0 Å². The van der Waals surface area contributed by atoms with E-state index in [0.717, 1.165) is 61.6 Å². The van der Waals surface area contributed by atoms with Gasteiger partial charge in [0.2, 0.25) is 0 Å². The molecule has 166 valence electrons. The fourth-order valence-electron chi connectivity index (χ4n) is 3.44. The molecule has 0 saturated carbocycles. The molecular formula is C28H42O2. The van der Waals surface area contributed by atoms with Gasteiger partial charge in [0, 0.05) is 0 Å². The molecule has 0 radical (unpaired) electrons. The fraction of sp³-hybridized carbons (Fsp3) is 0.500. The molecule has 1 aromatic rings. The Bertz CT molecular complexity index is 816. The van der Waals surface area contributed by atoms with Crippen LogP contribution in [0.3, 0.4) is 0 Å². The van der Waals surface area contributed by atoms with E-state index in [2.05, 4.69) is 58.9 Å². The smallest absolute Gasteiger partial charge is 0.160 e. The van der Waals surface area contributed by atoms with E-state index in [-0.39, 0.29) is 11.5 Å². The molecule has 1 aromatic carbocycles. The first-order chi connectivity index (χ1) is 14.1. The number of aromatic hydroxyl groups is 2. The lowest BCUT2D eigenvalue weighted by Crippen LogP contribution is -1.93. The van der Waals surface area contributed by atoms with E-state index in [0.29, 0.717) is 0 Å². The van der Waals surface area contributed by atoms with E-state index >= 15 is 0 Å². The van der Waals surface area contributed by atoms with Gasteiger partial charge in [-0.2, -0.15) is 0 Å². The van der Waals surface area contributed by atoms with Crippen molar-refractivity contribution in [3.63, 3.8) is 0 Å². The maximum absolute atomic E-state index is 9.86. The fourth-order valence-corrected chi connectivity index (χ4v) is 3.44. The normalized spacial score (nSPS) is 13.0. The molecule has 0 unspecified atom stereocenters. The topological polar surface area (TPSA) is 40.5 Å². The second-order valence-electron chi connectivity index (χ2n) is 8.91. The van der Waals surface area contributed by atoms with E-state index in [1.165, 1.54) is 22.3 Å². The predicted molar refractivity (Wildman–Crippen MR) is 131 cm³/mol. The Kier molecular flexibility index (Phi) is 11.3. The van der Waals surface area contributed by atoms with Crippen LogP contribution in [-0.2, 0) is 6.42 Å². The summed E-state index contributed by atoms with van der Waals surface area (Å²) in [5.74, 6) is -0.0329. The monoisotopic (exact) mass is 410 g/mol. The summed E-state index contributed by atoms with van der Waals surface area (Å²) in [5.41, 5.74) is 8.60. The quantitative estimate of drug-likeness (QED) is 0.284. The molecule has 0 amide bonds. The number of allylic oxidation sites excluding steroid dienone is 8. The summed E-state index contributed by atoms with van der Waals surface area (Å²) in [6.45, 7) is 14.8. The lowest BCUT2D eigenvalue weighted by Gasteiger charge is -2.11. The van der Waals surface area contributed by atoms with Gasteiger partial charge in [-0.15, -0.1) is 0 Å². The summed E-state index contributed by atoms with van der Waals surface area (Å²) < 4.78 is 0. The highest BCUT2D eigenvalue weighted by Crippen LogP contribution is 2.33. The van der Waals surface area contributed by atoms with Crippen molar-refractivity contribution in [3.05, 3.63) is 69.4 Å². The average molecular weight is 411 g/mol. The molecular weight excluding hydrogens is 368 g/mol. The summed E-state index contributed by atoms with van der Waals surface area (Å²) in [5, 5.41) is 19.7. The SMILES string of the molecule is CC(C)=CCCC(C)=CCCC(C)=CCCC(C)=CCc1cc(O)c(O)c(C)c1C. The van der Waals surface area contributed by atoms with E-state index in [9.17, 15) is 10.2 Å². The molecule has 2 N–H and O–H groups in total. The Morgan fingerprint density at radius 1 is 0.700 bits per heavy atom. The predicted octanol–water partition coefficient (Wildman–Crippen LogP) is 8.40. The first-order valence-corrected chi connectivity index (χ1v) is 11.2. The zero-order valence-corrected chi connectivity index (χ0v) is 20.2. The number of phenols is 2. The van der Waals surface area contributed by atoms with Gasteiger partial charge in [0.15, 0.2) is 11.5 Å². The molecule has 0 saturated heterocycles. The molecule has 0 aliphatic rings. The third kappa shape index (κ3) is 9.52. The van der Waals surface area contributed by atoms with Crippen molar-refractivity contribution in [2.75, 3.05) is 0 Å². The van der Waals surface area contributed by atoms with Crippen molar-refractivity contribution in [1.82, 2.24) is 0 Å². The number of hydrogen-bond donors (Lipinski definition) is 2. The summed E-state index contributed by atoms with van der Waals surface area (Å²) in [7, 11) is 0. The minimum atomic E-state index is -0.0288. The van der Waals surface area contributed by atoms with Gasteiger partial charge in [-0.3, -0.25) is 0 Å². The third-order valence-electron chi connectivity index (χ3n) is 5.78. The summed E-state index contributed by atoms with van der Waals surface area (Å²) in [4.78, 5) is 0. The Morgan fingerprint density at radius 3 is 1.67 bits per heavy atom. The molecule has 0 heterocycles. The van der Waals surface area contributed by atoms with Gasteiger partial charge in [0.1, 0.15) is 0 Å². The highest BCUT2D eigenvalue weighted by Gasteiger charge is 2.10. The number of hydrogen-bond acceptors (Lipinski definition) is 2. The van der Waals surface area contributed by atoms with Crippen LogP contribution in [0.25, 0.3) is 0 Å². The molecule has 0 aliphatic heterocycles. The van der Waals surface area contributed by atoms with Gasteiger partial charge in [-0.25, -0.2) is 0 Å². The standard InChI is InChI=1S/C28H42O2/c1-20(2)11-8-12-21(3)13-9-14-22(4)15-10-16-23(5)17-18-26-19-27(29)28(30)25(7)24(26)6/h11,13,15,17,19,29-30H,8-10,12,14,16,18H2,1-7H3. The van der Waals surface area contributed by atoms with Crippen LogP contribution in [0.1, 0.15) is 89.8 Å². The molecule has 1 rings (SSSR count). The third-order valence-corrected chi connectivity index (χ3v) is 5.78. The van der Waals surface area contributed by atoms with Gasteiger partial charge in [-0.05, 0) is 116 Å². The first-order valence-electron chi connectivity index (χ1n) is 11.2. The van der Waals surface area contributed by atoms with Gasteiger partial charge in [-0.1, -0.05) is 46.6 Å². The van der Waals surface area contributed by atoms with Gasteiger partial charge in [0.25, 0.3) is 0 Å². The van der Waals surface area contributed by atoms with E-state index in [1.807, 2.05) is 13.8 Å². The van der Waals surface area contributed by atoms with E-state index in [4.69, 9.17) is 0 Å². The Hall–Kier alpha value is -2.22. The second kappa shape index (κ2) is 13.2. The molecule has 2 heteroatoms. The Balaban J connectivity index is 2.45. The highest BCUT2D eigenvalue weighted by atomic mass is 16.3. The van der Waals surface area contributed by atoms with Crippen LogP contribution in [0, 0.1) is 13.8 Å². The van der Waals surface area contributed by atoms with Crippen LogP contribution in [0.15, 0.2) is 52.7 Å². The lowest BCUT2D eigenvalue weighted by atomic mass is 9.97. The minimum Gasteiger partial charge on any atom is -0.504 e. The van der Waals surface area contributed by atoms with Crippen molar-refractivity contribution in [2.45, 2.75) is 93.4 Å². The zero-order chi connectivity index (χ0) is 22.7. The van der Waals surface area contributed by atoms with Gasteiger partial charge < -0.3 is 10.2 Å². The maximum atomic E-state index is 9.86. The molecule has 30 heavy (non-hydrogen) atoms. The molecule has 0 aliphatic carbocycles. The molecule has 0 spiro atoms. The van der Waals surface area contributed by atoms with Crippen molar-refractivity contribution in [3.8, 4) is 11.5 Å². The molecule has 0 bridgehead atoms. The molecule has 2 nitrogen and oxygen atoms in total. The summed E-state index contributed by atoms with van der Waals surface area (Å²) >= 11 is 0. The maximum Gasteiger partial charge on any atom is 0.160 e. The van der Waals surface area contributed by atoms with Crippen LogP contribution in [0.5, 0.6) is 11.5 Å². The lowest BCUT2D eigenvalue weighted by molar-refractivity contribution is 0.400. The first kappa shape index (κ1) is 25.8. The number of benzene rings is 1. The van der Waals surface area contributed by atoms with Crippen LogP contribution in [0.2, 0.25) is 0 Å². The average Bonchev–Trinajstić information content (AvgIpc) is 2.67. The zero-order valence-electron chi connectivity index (χ0n) is 20.2. The highest BCUT2D eigenvalue weighted by molar-refractivity contribution is 5.52.